The molecule has 1 aromatic carbocycles. The van der Waals surface area contributed by atoms with E-state index in [0.717, 1.165) is 11.1 Å². The first-order valence-electron chi connectivity index (χ1n) is 9.24. The molecule has 2 aliphatic heterocycles. The van der Waals surface area contributed by atoms with Crippen molar-refractivity contribution in [3.05, 3.63) is 29.3 Å². The molecule has 0 aliphatic carbocycles. The summed E-state index contributed by atoms with van der Waals surface area (Å²) in [5.41, 5.74) is 7.18. The smallest absolute Gasteiger partial charge is 0.381 e. The molecule has 0 radical (unpaired) electrons. The molecule has 2 saturated heterocycles. The van der Waals surface area contributed by atoms with E-state index in [9.17, 15) is 18.0 Å². The Kier molecular flexibility index (Phi) is 5.67. The van der Waals surface area contributed by atoms with Gasteiger partial charge in [0.1, 0.15) is 0 Å². The molecule has 2 aliphatic rings. The van der Waals surface area contributed by atoms with Crippen molar-refractivity contribution in [2.75, 3.05) is 31.6 Å². The maximum atomic E-state index is 13.6. The fourth-order valence-electron chi connectivity index (χ4n) is 4.38. The van der Waals surface area contributed by atoms with Crippen molar-refractivity contribution in [3.8, 4) is 0 Å². The maximum absolute atomic E-state index is 13.6. The number of urea groups is 1. The number of nitrogens with zero attached hydrogens (tertiary/aromatic N) is 1. The van der Waals surface area contributed by atoms with Crippen LogP contribution in [-0.2, 0) is 11.3 Å². The van der Waals surface area contributed by atoms with E-state index < -0.39 is 17.5 Å². The molecule has 27 heavy (non-hydrogen) atoms. The third-order valence-corrected chi connectivity index (χ3v) is 5.73. The highest BCUT2D eigenvalue weighted by Crippen LogP contribution is 2.50. The zero-order valence-electron chi connectivity index (χ0n) is 15.4. The molecule has 1 aromatic rings. The zero-order chi connectivity index (χ0) is 19.7. The van der Waals surface area contributed by atoms with E-state index in [1.54, 1.807) is 6.07 Å². The lowest BCUT2D eigenvalue weighted by atomic mass is 9.66. The van der Waals surface area contributed by atoms with Crippen molar-refractivity contribution in [2.24, 2.45) is 17.1 Å². The van der Waals surface area contributed by atoms with Crippen molar-refractivity contribution in [3.63, 3.8) is 0 Å². The summed E-state index contributed by atoms with van der Waals surface area (Å²) in [5, 5.41) is 2.82. The van der Waals surface area contributed by atoms with Crippen LogP contribution in [0.5, 0.6) is 0 Å². The molecular weight excluding hydrogens is 359 g/mol. The van der Waals surface area contributed by atoms with Gasteiger partial charge in [0.2, 0.25) is 0 Å². The number of nitrogens with two attached hydrogens (primary N) is 1. The van der Waals surface area contributed by atoms with Gasteiger partial charge in [0.05, 0.1) is 5.92 Å². The number of benzene rings is 1. The summed E-state index contributed by atoms with van der Waals surface area (Å²) in [6.07, 6.45) is -3.68. The number of hydrogen-bond acceptors (Lipinski definition) is 3. The molecule has 1 spiro atoms. The summed E-state index contributed by atoms with van der Waals surface area (Å²) in [6.45, 7) is 3.06. The number of alkyl halides is 3. The molecule has 3 rings (SSSR count). The number of halogens is 3. The summed E-state index contributed by atoms with van der Waals surface area (Å²) in [4.78, 5) is 14.2. The van der Waals surface area contributed by atoms with Crippen LogP contribution in [0, 0.1) is 18.3 Å². The van der Waals surface area contributed by atoms with Gasteiger partial charge in [0, 0.05) is 44.0 Å². The number of nitrogens with one attached hydrogen (secondary N) is 1. The third kappa shape index (κ3) is 4.38. The Morgan fingerprint density at radius 1 is 1.33 bits per heavy atom. The number of ether oxygens (including phenoxy) is 1. The lowest BCUT2D eigenvalue weighted by molar-refractivity contribution is -0.232. The molecule has 2 fully saturated rings. The molecule has 8 heteroatoms. The van der Waals surface area contributed by atoms with Crippen LogP contribution in [0.15, 0.2) is 18.2 Å². The van der Waals surface area contributed by atoms with Crippen LogP contribution in [0.1, 0.15) is 30.4 Å². The second kappa shape index (κ2) is 7.67. The lowest BCUT2D eigenvalue weighted by Gasteiger charge is -2.50. The van der Waals surface area contributed by atoms with Crippen molar-refractivity contribution in [1.29, 1.82) is 0 Å². The second-order valence-corrected chi connectivity index (χ2v) is 7.62. The maximum Gasteiger partial charge on any atom is 0.392 e. The number of piperidine rings is 1. The monoisotopic (exact) mass is 385 g/mol. The van der Waals surface area contributed by atoms with Crippen LogP contribution in [0.2, 0.25) is 0 Å². The molecule has 150 valence electrons. The molecule has 1 atom stereocenters. The van der Waals surface area contributed by atoms with E-state index in [4.69, 9.17) is 10.5 Å². The molecule has 2 heterocycles. The van der Waals surface area contributed by atoms with Gasteiger partial charge in [-0.05, 0) is 49.4 Å². The number of carbonyl (C=O) groups excluding carboxylic acids is 1. The summed E-state index contributed by atoms with van der Waals surface area (Å²) in [5.74, 6) is -1.39. The molecule has 2 amide bonds. The molecular formula is C19H26F3N3O2. The number of carbonyl (C=O) groups is 1. The average molecular weight is 385 g/mol. The van der Waals surface area contributed by atoms with E-state index in [1.165, 1.54) is 4.90 Å². The summed E-state index contributed by atoms with van der Waals surface area (Å²) >= 11 is 0. The van der Waals surface area contributed by atoms with E-state index in [0.29, 0.717) is 38.3 Å². The number of rotatable bonds is 2. The van der Waals surface area contributed by atoms with Gasteiger partial charge in [-0.1, -0.05) is 6.07 Å². The SMILES string of the molecule is Cc1cc(CN)cc(NC(=O)N2CCC(C(F)(F)F)C3(CCOCC3)C2)c1. The Labute approximate surface area is 157 Å². The fourth-order valence-corrected chi connectivity index (χ4v) is 4.38. The summed E-state index contributed by atoms with van der Waals surface area (Å²) < 4.78 is 46.1. The van der Waals surface area contributed by atoms with E-state index in [-0.39, 0.29) is 25.5 Å². The van der Waals surface area contributed by atoms with Crippen LogP contribution in [0.3, 0.4) is 0 Å². The first-order chi connectivity index (χ1) is 12.7. The highest BCUT2D eigenvalue weighted by atomic mass is 19.4. The standard InChI is InChI=1S/C19H26F3N3O2/c1-13-8-14(11-23)10-15(9-13)24-17(26)25-5-2-16(19(20,21)22)18(12-25)3-6-27-7-4-18/h8-10,16H,2-7,11-12,23H2,1H3,(H,24,26). The van der Waals surface area contributed by atoms with Crippen molar-refractivity contribution < 1.29 is 22.7 Å². The minimum atomic E-state index is -4.26. The number of hydrogen-bond donors (Lipinski definition) is 2. The Balaban J connectivity index is 1.76. The fraction of sp³-hybridized carbons (Fsp3) is 0.632. The van der Waals surface area contributed by atoms with Gasteiger partial charge < -0.3 is 20.7 Å². The van der Waals surface area contributed by atoms with Crippen LogP contribution in [0.4, 0.5) is 23.7 Å². The lowest BCUT2D eigenvalue weighted by Crippen LogP contribution is -2.57. The third-order valence-electron chi connectivity index (χ3n) is 5.73. The van der Waals surface area contributed by atoms with Gasteiger partial charge in [-0.2, -0.15) is 13.2 Å². The van der Waals surface area contributed by atoms with Crippen LogP contribution in [0.25, 0.3) is 0 Å². The van der Waals surface area contributed by atoms with E-state index >= 15 is 0 Å². The summed E-state index contributed by atoms with van der Waals surface area (Å²) in [6, 6.07) is 5.18. The van der Waals surface area contributed by atoms with E-state index in [2.05, 4.69) is 5.32 Å². The number of anilines is 1. The minimum absolute atomic E-state index is 0.0706. The van der Waals surface area contributed by atoms with E-state index in [1.807, 2.05) is 19.1 Å². The largest absolute Gasteiger partial charge is 0.392 e. The Bertz CT molecular complexity index is 687. The predicted octanol–water partition coefficient (Wildman–Crippen LogP) is 3.67. The number of aryl methyl sites for hydroxylation is 1. The van der Waals surface area contributed by atoms with Gasteiger partial charge in [0.25, 0.3) is 0 Å². The zero-order valence-corrected chi connectivity index (χ0v) is 15.4. The quantitative estimate of drug-likeness (QED) is 0.816. The summed E-state index contributed by atoms with van der Waals surface area (Å²) in [7, 11) is 0. The molecule has 0 aromatic heterocycles. The van der Waals surface area contributed by atoms with Crippen LogP contribution >= 0.6 is 0 Å². The predicted molar refractivity (Wildman–Crippen MR) is 96.3 cm³/mol. The van der Waals surface area contributed by atoms with Gasteiger partial charge in [-0.25, -0.2) is 4.79 Å². The first-order valence-corrected chi connectivity index (χ1v) is 9.24. The molecule has 0 saturated carbocycles. The molecule has 0 bridgehead atoms. The van der Waals surface area contributed by atoms with Gasteiger partial charge >= 0.3 is 12.2 Å². The van der Waals surface area contributed by atoms with Gasteiger partial charge in [0.15, 0.2) is 0 Å². The van der Waals surface area contributed by atoms with Gasteiger partial charge in [-0.15, -0.1) is 0 Å². The van der Waals surface area contributed by atoms with Crippen molar-refractivity contribution in [2.45, 2.75) is 38.9 Å². The topological polar surface area (TPSA) is 67.6 Å². The minimum Gasteiger partial charge on any atom is -0.381 e. The Morgan fingerprint density at radius 2 is 2.04 bits per heavy atom. The first kappa shape index (κ1) is 19.9. The van der Waals surface area contributed by atoms with Crippen LogP contribution < -0.4 is 11.1 Å². The Morgan fingerprint density at radius 3 is 2.67 bits per heavy atom. The number of amides is 2. The Hall–Kier alpha value is -1.80. The molecule has 3 N–H and O–H groups in total. The molecule has 1 unspecified atom stereocenters. The average Bonchev–Trinajstić information content (AvgIpc) is 2.60. The van der Waals surface area contributed by atoms with Crippen molar-refractivity contribution >= 4 is 11.7 Å². The number of likely N-dealkylation sites (tertiary alicyclic amines) is 1. The highest BCUT2D eigenvalue weighted by Gasteiger charge is 2.56. The van der Waals surface area contributed by atoms with Gasteiger partial charge in [-0.3, -0.25) is 0 Å². The highest BCUT2D eigenvalue weighted by molar-refractivity contribution is 5.89. The normalized spacial score (nSPS) is 22.7. The molecule has 5 nitrogen and oxygen atoms in total. The van der Waals surface area contributed by atoms with Crippen molar-refractivity contribution in [1.82, 2.24) is 4.90 Å². The van der Waals surface area contributed by atoms with Crippen LogP contribution in [-0.4, -0.2) is 43.4 Å². The second-order valence-electron chi connectivity index (χ2n) is 7.62.